The third-order valence-corrected chi connectivity index (χ3v) is 3.96. The van der Waals surface area contributed by atoms with Gasteiger partial charge in [0.2, 0.25) is 0 Å². The zero-order chi connectivity index (χ0) is 16.0. The first kappa shape index (κ1) is 22.2. The highest BCUT2D eigenvalue weighted by molar-refractivity contribution is 4.87. The van der Waals surface area contributed by atoms with E-state index in [1.165, 1.54) is 58.0 Å². The van der Waals surface area contributed by atoms with E-state index in [1.807, 2.05) is 27.7 Å². The van der Waals surface area contributed by atoms with Gasteiger partial charge in [0.05, 0.1) is 0 Å². The molecule has 1 nitrogen and oxygen atoms in total. The first-order valence-electron chi connectivity index (χ1n) is 9.23. The Hall–Kier alpha value is -0.0400. The Bertz CT molecular complexity index is 167. The summed E-state index contributed by atoms with van der Waals surface area (Å²) >= 11 is 0. The van der Waals surface area contributed by atoms with Crippen LogP contribution in [0, 0.1) is 11.3 Å². The molecule has 0 unspecified atom stereocenters. The molecule has 1 spiro atoms. The quantitative estimate of drug-likeness (QED) is 0.499. The number of piperidine rings is 1. The molecule has 0 aromatic rings. The highest BCUT2D eigenvalue weighted by atomic mass is 15.1. The maximum absolute atomic E-state index is 2.49. The lowest BCUT2D eigenvalue weighted by atomic mass is 9.68. The Labute approximate surface area is 130 Å². The van der Waals surface area contributed by atoms with Gasteiger partial charge in [0.25, 0.3) is 0 Å². The molecule has 0 bridgehead atoms. The van der Waals surface area contributed by atoms with Crippen LogP contribution in [0.5, 0.6) is 0 Å². The fourth-order valence-corrected chi connectivity index (χ4v) is 2.89. The van der Waals surface area contributed by atoms with Gasteiger partial charge in [-0.15, -0.1) is 0 Å². The predicted octanol–water partition coefficient (Wildman–Crippen LogP) is 6.38. The monoisotopic (exact) mass is 285 g/mol. The van der Waals surface area contributed by atoms with Crippen molar-refractivity contribution in [1.29, 1.82) is 0 Å². The molecular formula is C19H43N. The topological polar surface area (TPSA) is 3.24 Å². The molecule has 1 aliphatic carbocycles. The fraction of sp³-hybridized carbons (Fsp3) is 1.00. The molecule has 1 saturated carbocycles. The maximum Gasteiger partial charge on any atom is -0.00165 e. The van der Waals surface area contributed by atoms with Crippen LogP contribution < -0.4 is 0 Å². The summed E-state index contributed by atoms with van der Waals surface area (Å²) in [5.41, 5.74) is 0.796. The molecule has 0 aromatic heterocycles. The van der Waals surface area contributed by atoms with E-state index in [0.29, 0.717) is 0 Å². The molecule has 1 heterocycles. The van der Waals surface area contributed by atoms with Crippen LogP contribution in [0.15, 0.2) is 0 Å². The molecule has 0 aromatic carbocycles. The van der Waals surface area contributed by atoms with Crippen LogP contribution in [0.3, 0.4) is 0 Å². The Morgan fingerprint density at radius 2 is 1.05 bits per heavy atom. The van der Waals surface area contributed by atoms with Gasteiger partial charge in [-0.3, -0.25) is 0 Å². The smallest absolute Gasteiger partial charge is 0.00165 e. The van der Waals surface area contributed by atoms with E-state index in [9.17, 15) is 0 Å². The lowest BCUT2D eigenvalue weighted by Gasteiger charge is -2.43. The van der Waals surface area contributed by atoms with E-state index in [-0.39, 0.29) is 0 Å². The summed E-state index contributed by atoms with van der Waals surface area (Å²) < 4.78 is 0. The van der Waals surface area contributed by atoms with E-state index in [4.69, 9.17) is 0 Å². The van der Waals surface area contributed by atoms with Crippen molar-refractivity contribution in [2.75, 3.05) is 20.1 Å². The summed E-state index contributed by atoms with van der Waals surface area (Å²) in [6.07, 6.45) is 10.5. The molecular weight excluding hydrogens is 242 g/mol. The van der Waals surface area contributed by atoms with Gasteiger partial charge in [-0.1, -0.05) is 67.7 Å². The molecule has 0 amide bonds. The zero-order valence-electron chi connectivity index (χ0n) is 15.9. The first-order chi connectivity index (χ1) is 9.54. The largest absolute Gasteiger partial charge is 0.306 e. The predicted molar refractivity (Wildman–Crippen MR) is 95.5 cm³/mol. The second-order valence-corrected chi connectivity index (χ2v) is 6.60. The van der Waals surface area contributed by atoms with E-state index in [0.717, 1.165) is 11.3 Å². The average Bonchev–Trinajstić information content (AvgIpc) is 2.47. The second kappa shape index (κ2) is 13.9. The zero-order valence-corrected chi connectivity index (χ0v) is 15.9. The van der Waals surface area contributed by atoms with Crippen molar-refractivity contribution in [2.45, 2.75) is 93.4 Å². The van der Waals surface area contributed by atoms with Crippen molar-refractivity contribution in [3.05, 3.63) is 0 Å². The molecule has 0 radical (unpaired) electrons. The lowest BCUT2D eigenvalue weighted by Crippen LogP contribution is -2.38. The minimum atomic E-state index is 0.796. The minimum Gasteiger partial charge on any atom is -0.306 e. The van der Waals surface area contributed by atoms with Gasteiger partial charge in [0.15, 0.2) is 0 Å². The van der Waals surface area contributed by atoms with Crippen LogP contribution in [-0.2, 0) is 0 Å². The molecule has 1 aliphatic heterocycles. The molecule has 20 heavy (non-hydrogen) atoms. The Morgan fingerprint density at radius 1 is 0.700 bits per heavy atom. The van der Waals surface area contributed by atoms with Crippen LogP contribution >= 0.6 is 0 Å². The second-order valence-electron chi connectivity index (χ2n) is 6.60. The van der Waals surface area contributed by atoms with E-state index >= 15 is 0 Å². The normalized spacial score (nSPS) is 20.9. The lowest BCUT2D eigenvalue weighted by molar-refractivity contribution is 0.0807. The Kier molecular flexibility index (Phi) is 15.5. The molecule has 0 N–H and O–H groups in total. The maximum atomic E-state index is 2.49. The van der Waals surface area contributed by atoms with Gasteiger partial charge in [0, 0.05) is 0 Å². The number of hydrogen-bond donors (Lipinski definition) is 0. The van der Waals surface area contributed by atoms with Gasteiger partial charge >= 0.3 is 0 Å². The molecule has 124 valence electrons. The van der Waals surface area contributed by atoms with Crippen molar-refractivity contribution in [3.8, 4) is 0 Å². The van der Waals surface area contributed by atoms with E-state index in [2.05, 4.69) is 32.7 Å². The minimum absolute atomic E-state index is 0.796. The van der Waals surface area contributed by atoms with Crippen LogP contribution in [0.25, 0.3) is 0 Å². The summed E-state index contributed by atoms with van der Waals surface area (Å²) in [5, 5.41) is 0. The molecule has 0 atom stereocenters. The van der Waals surface area contributed by atoms with Crippen molar-refractivity contribution >= 4 is 0 Å². The van der Waals surface area contributed by atoms with Gasteiger partial charge in [-0.25, -0.2) is 0 Å². The highest BCUT2D eigenvalue weighted by Crippen LogP contribution is 2.44. The molecule has 2 rings (SSSR count). The van der Waals surface area contributed by atoms with Gasteiger partial charge in [0.1, 0.15) is 0 Å². The standard InChI is InChI=1S/C11H21N.C4H10.2C2H6/c1-12-9-7-11(8-10-12)5-3-2-4-6-11;1-4(2)3;2*1-2/h2-10H2,1H3;4H,1-3H3;2*1-2H3. The number of nitrogens with zero attached hydrogens (tertiary/aromatic N) is 1. The molecule has 1 saturated heterocycles. The van der Waals surface area contributed by atoms with Crippen LogP contribution in [0.2, 0.25) is 0 Å². The van der Waals surface area contributed by atoms with E-state index in [1.54, 1.807) is 0 Å². The molecule has 1 heteroatoms. The number of likely N-dealkylation sites (tertiary alicyclic amines) is 1. The van der Waals surface area contributed by atoms with Gasteiger partial charge in [-0.2, -0.15) is 0 Å². The van der Waals surface area contributed by atoms with Crippen molar-refractivity contribution < 1.29 is 0 Å². The highest BCUT2D eigenvalue weighted by Gasteiger charge is 2.34. The summed E-state index contributed by atoms with van der Waals surface area (Å²) in [5.74, 6) is 0.833. The van der Waals surface area contributed by atoms with Gasteiger partial charge < -0.3 is 4.90 Å². The van der Waals surface area contributed by atoms with Crippen LogP contribution in [-0.4, -0.2) is 25.0 Å². The summed E-state index contributed by atoms with van der Waals surface area (Å²) in [6, 6.07) is 0. The molecule has 2 aliphatic rings. The fourth-order valence-electron chi connectivity index (χ4n) is 2.89. The third kappa shape index (κ3) is 10.7. The summed E-state index contributed by atoms with van der Waals surface area (Å²) in [6.45, 7) is 17.2. The SMILES string of the molecule is CC.CC.CC(C)C.CN1CCC2(CCCCC2)CC1. The molecule has 2 fully saturated rings. The van der Waals surface area contributed by atoms with Crippen LogP contribution in [0.1, 0.15) is 93.4 Å². The van der Waals surface area contributed by atoms with Crippen LogP contribution in [0.4, 0.5) is 0 Å². The Balaban J connectivity index is 0. The van der Waals surface area contributed by atoms with Crippen molar-refractivity contribution in [2.24, 2.45) is 11.3 Å². The van der Waals surface area contributed by atoms with Crippen molar-refractivity contribution in [1.82, 2.24) is 4.90 Å². The Morgan fingerprint density at radius 3 is 1.40 bits per heavy atom. The summed E-state index contributed by atoms with van der Waals surface area (Å²) in [7, 11) is 2.26. The van der Waals surface area contributed by atoms with E-state index < -0.39 is 0 Å². The average molecular weight is 286 g/mol. The summed E-state index contributed by atoms with van der Waals surface area (Å²) in [4.78, 5) is 2.49. The van der Waals surface area contributed by atoms with Crippen molar-refractivity contribution in [3.63, 3.8) is 0 Å². The van der Waals surface area contributed by atoms with Gasteiger partial charge in [-0.05, 0) is 57.2 Å². The first-order valence-corrected chi connectivity index (χ1v) is 9.23. The number of rotatable bonds is 0. The third-order valence-electron chi connectivity index (χ3n) is 3.96. The number of hydrogen-bond acceptors (Lipinski definition) is 1.